The SMILES string of the molecule is CC[C@H](O)[C@H](O)[C@H](O)CO. The van der Waals surface area contributed by atoms with E-state index < -0.39 is 24.9 Å². The second kappa shape index (κ2) is 4.62. The maximum atomic E-state index is 8.93. The number of aliphatic hydroxyl groups is 4. The van der Waals surface area contributed by atoms with Crippen molar-refractivity contribution in [3.63, 3.8) is 0 Å². The zero-order valence-electron chi connectivity index (χ0n) is 5.94. The monoisotopic (exact) mass is 150 g/mol. The first-order valence-electron chi connectivity index (χ1n) is 3.28. The molecule has 0 saturated carbocycles. The molecule has 4 nitrogen and oxygen atoms in total. The summed E-state index contributed by atoms with van der Waals surface area (Å²) in [5, 5.41) is 34.9. The van der Waals surface area contributed by atoms with Crippen molar-refractivity contribution in [3.05, 3.63) is 0 Å². The van der Waals surface area contributed by atoms with Crippen LogP contribution >= 0.6 is 0 Å². The molecule has 0 radical (unpaired) electrons. The first-order chi connectivity index (χ1) is 4.63. The molecule has 4 heteroatoms. The molecule has 0 amide bonds. The highest BCUT2D eigenvalue weighted by atomic mass is 16.4. The van der Waals surface area contributed by atoms with Crippen LogP contribution in [0.15, 0.2) is 0 Å². The van der Waals surface area contributed by atoms with Gasteiger partial charge in [-0.25, -0.2) is 0 Å². The second-order valence-corrected chi connectivity index (χ2v) is 2.22. The van der Waals surface area contributed by atoms with Crippen molar-refractivity contribution in [3.8, 4) is 0 Å². The topological polar surface area (TPSA) is 80.9 Å². The van der Waals surface area contributed by atoms with Crippen molar-refractivity contribution in [2.45, 2.75) is 31.7 Å². The maximum absolute atomic E-state index is 8.93. The van der Waals surface area contributed by atoms with Crippen LogP contribution in [-0.4, -0.2) is 45.3 Å². The van der Waals surface area contributed by atoms with Crippen LogP contribution in [-0.2, 0) is 0 Å². The molecule has 62 valence electrons. The molecule has 0 spiro atoms. The van der Waals surface area contributed by atoms with E-state index in [1.807, 2.05) is 0 Å². The fraction of sp³-hybridized carbons (Fsp3) is 1.00. The first kappa shape index (κ1) is 9.84. The highest BCUT2D eigenvalue weighted by Crippen LogP contribution is 2.02. The molecule has 3 atom stereocenters. The highest BCUT2D eigenvalue weighted by molar-refractivity contribution is 4.72. The highest BCUT2D eigenvalue weighted by Gasteiger charge is 2.21. The minimum Gasteiger partial charge on any atom is -0.394 e. The van der Waals surface area contributed by atoms with Crippen molar-refractivity contribution in [1.82, 2.24) is 0 Å². The van der Waals surface area contributed by atoms with E-state index in [1.54, 1.807) is 6.92 Å². The Morgan fingerprint density at radius 2 is 1.60 bits per heavy atom. The van der Waals surface area contributed by atoms with Gasteiger partial charge in [0.15, 0.2) is 0 Å². The van der Waals surface area contributed by atoms with Gasteiger partial charge in [-0.05, 0) is 6.42 Å². The molecule has 0 fully saturated rings. The van der Waals surface area contributed by atoms with E-state index in [4.69, 9.17) is 20.4 Å². The van der Waals surface area contributed by atoms with Gasteiger partial charge < -0.3 is 20.4 Å². The first-order valence-corrected chi connectivity index (χ1v) is 3.28. The minimum atomic E-state index is -1.24. The van der Waals surface area contributed by atoms with E-state index in [-0.39, 0.29) is 0 Å². The summed E-state index contributed by atoms with van der Waals surface area (Å²) in [5.74, 6) is 0. The fourth-order valence-electron chi connectivity index (χ4n) is 0.606. The summed E-state index contributed by atoms with van der Waals surface area (Å²) in [6.45, 7) is 1.15. The Labute approximate surface area is 59.7 Å². The van der Waals surface area contributed by atoms with Crippen LogP contribution < -0.4 is 0 Å². The van der Waals surface area contributed by atoms with Crippen molar-refractivity contribution in [2.75, 3.05) is 6.61 Å². The lowest BCUT2D eigenvalue weighted by Gasteiger charge is -2.19. The average molecular weight is 150 g/mol. The van der Waals surface area contributed by atoms with Gasteiger partial charge in [-0.2, -0.15) is 0 Å². The Morgan fingerprint density at radius 1 is 1.10 bits per heavy atom. The Balaban J connectivity index is 3.69. The molecule has 0 aromatic carbocycles. The molecule has 0 heterocycles. The molecule has 0 unspecified atom stereocenters. The Morgan fingerprint density at radius 3 is 1.90 bits per heavy atom. The molecule has 4 N–H and O–H groups in total. The summed E-state index contributed by atoms with van der Waals surface area (Å²) in [6.07, 6.45) is -3.08. The standard InChI is InChI=1S/C6H14O4/c1-2-4(8)6(10)5(9)3-7/h4-10H,2-3H2,1H3/t4-,5+,6-/m0/s1. The lowest BCUT2D eigenvalue weighted by molar-refractivity contribution is -0.0767. The summed E-state index contributed by atoms with van der Waals surface area (Å²) in [5.41, 5.74) is 0. The molecule has 0 aliphatic carbocycles. The molecule has 10 heavy (non-hydrogen) atoms. The van der Waals surface area contributed by atoms with Gasteiger partial charge in [-0.15, -0.1) is 0 Å². The van der Waals surface area contributed by atoms with Crippen LogP contribution in [0.25, 0.3) is 0 Å². The van der Waals surface area contributed by atoms with Gasteiger partial charge in [0.25, 0.3) is 0 Å². The van der Waals surface area contributed by atoms with Gasteiger partial charge in [0.1, 0.15) is 12.2 Å². The van der Waals surface area contributed by atoms with Gasteiger partial charge in [0.05, 0.1) is 12.7 Å². The van der Waals surface area contributed by atoms with E-state index in [0.717, 1.165) is 0 Å². The van der Waals surface area contributed by atoms with Crippen LogP contribution in [0.1, 0.15) is 13.3 Å². The smallest absolute Gasteiger partial charge is 0.108 e. The van der Waals surface area contributed by atoms with Crippen LogP contribution in [0, 0.1) is 0 Å². The van der Waals surface area contributed by atoms with Crippen LogP contribution in [0.2, 0.25) is 0 Å². The molecule has 0 aromatic heterocycles. The third-order valence-electron chi connectivity index (χ3n) is 1.39. The summed E-state index contributed by atoms with van der Waals surface area (Å²) in [7, 11) is 0. The van der Waals surface area contributed by atoms with E-state index in [9.17, 15) is 0 Å². The van der Waals surface area contributed by atoms with E-state index in [1.165, 1.54) is 0 Å². The van der Waals surface area contributed by atoms with Gasteiger partial charge in [-0.1, -0.05) is 6.92 Å². The number of hydrogen-bond donors (Lipinski definition) is 4. The van der Waals surface area contributed by atoms with Crippen LogP contribution in [0.5, 0.6) is 0 Å². The molecule has 0 rings (SSSR count). The summed E-state index contributed by atoms with van der Waals surface area (Å²) in [4.78, 5) is 0. The maximum Gasteiger partial charge on any atom is 0.108 e. The van der Waals surface area contributed by atoms with Crippen molar-refractivity contribution < 1.29 is 20.4 Å². The van der Waals surface area contributed by atoms with E-state index in [0.29, 0.717) is 6.42 Å². The molecule has 0 bridgehead atoms. The predicted octanol–water partition coefficient (Wildman–Crippen LogP) is -1.53. The van der Waals surface area contributed by atoms with Crippen LogP contribution in [0.4, 0.5) is 0 Å². The third-order valence-corrected chi connectivity index (χ3v) is 1.39. The number of aliphatic hydroxyl groups excluding tert-OH is 4. The quantitative estimate of drug-likeness (QED) is 0.392. The fourth-order valence-corrected chi connectivity index (χ4v) is 0.606. The van der Waals surface area contributed by atoms with E-state index >= 15 is 0 Å². The summed E-state index contributed by atoms with van der Waals surface area (Å²) < 4.78 is 0. The lowest BCUT2D eigenvalue weighted by atomic mass is 10.1. The zero-order chi connectivity index (χ0) is 8.15. The molecule has 0 aliphatic rings. The molecular formula is C6H14O4. The van der Waals surface area contributed by atoms with E-state index in [2.05, 4.69) is 0 Å². The predicted molar refractivity (Wildman–Crippen MR) is 35.4 cm³/mol. The van der Waals surface area contributed by atoms with Crippen molar-refractivity contribution in [1.29, 1.82) is 0 Å². The second-order valence-electron chi connectivity index (χ2n) is 2.22. The minimum absolute atomic E-state index is 0.359. The van der Waals surface area contributed by atoms with Crippen molar-refractivity contribution >= 4 is 0 Å². The molecular weight excluding hydrogens is 136 g/mol. The average Bonchev–Trinajstić information content (AvgIpc) is 2.00. The van der Waals surface area contributed by atoms with Gasteiger partial charge in [0.2, 0.25) is 0 Å². The Kier molecular flexibility index (Phi) is 4.55. The molecule has 0 saturated heterocycles. The van der Waals surface area contributed by atoms with Crippen molar-refractivity contribution in [2.24, 2.45) is 0 Å². The number of rotatable bonds is 4. The van der Waals surface area contributed by atoms with Gasteiger partial charge in [-0.3, -0.25) is 0 Å². The zero-order valence-corrected chi connectivity index (χ0v) is 5.94. The number of hydrogen-bond acceptors (Lipinski definition) is 4. The largest absolute Gasteiger partial charge is 0.394 e. The van der Waals surface area contributed by atoms with Gasteiger partial charge in [0, 0.05) is 0 Å². The third kappa shape index (κ3) is 2.62. The molecule has 0 aliphatic heterocycles. The molecule has 0 aromatic rings. The summed E-state index contributed by atoms with van der Waals surface area (Å²) in [6, 6.07) is 0. The normalized spacial score (nSPS) is 20.1. The van der Waals surface area contributed by atoms with Crippen LogP contribution in [0.3, 0.4) is 0 Å². The Bertz CT molecular complexity index is 75.8. The van der Waals surface area contributed by atoms with Gasteiger partial charge >= 0.3 is 0 Å². The summed E-state index contributed by atoms with van der Waals surface area (Å²) >= 11 is 0. The Hall–Kier alpha value is -0.160. The lowest BCUT2D eigenvalue weighted by Crippen LogP contribution is -2.38.